The fraction of sp³-hybridized carbons (Fsp3) is 0.333. The number of methoxy groups -OCH3 is 1. The first-order valence-corrected chi connectivity index (χ1v) is 5.49. The van der Waals surface area contributed by atoms with E-state index in [1.165, 1.54) is 0 Å². The molecule has 1 atom stereocenters. The summed E-state index contributed by atoms with van der Waals surface area (Å²) in [5.74, 6) is 0.780. The second-order valence-electron chi connectivity index (χ2n) is 2.62. The summed E-state index contributed by atoms with van der Waals surface area (Å²) >= 11 is 0. The van der Waals surface area contributed by atoms with Gasteiger partial charge in [-0.3, -0.25) is 0 Å². The fourth-order valence-corrected chi connectivity index (χ4v) is 1.29. The van der Waals surface area contributed by atoms with Gasteiger partial charge in [0.25, 0.3) is 0 Å². The highest BCUT2D eigenvalue weighted by atomic mass is 31.2. The molecule has 14 heavy (non-hydrogen) atoms. The first-order chi connectivity index (χ1) is 6.76. The van der Waals surface area contributed by atoms with E-state index in [2.05, 4.69) is 0 Å². The Morgan fingerprint density at radius 3 is 2.43 bits per heavy atom. The van der Waals surface area contributed by atoms with Crippen molar-refractivity contribution in [1.29, 1.82) is 0 Å². The van der Waals surface area contributed by atoms with Gasteiger partial charge in [-0.1, -0.05) is 12.1 Å². The van der Waals surface area contributed by atoms with Crippen molar-refractivity contribution in [2.75, 3.05) is 13.5 Å². The van der Waals surface area contributed by atoms with E-state index < -0.39 is 8.38 Å². The minimum absolute atomic E-state index is 0.298. The van der Waals surface area contributed by atoms with Crippen molar-refractivity contribution in [2.24, 2.45) is 0 Å². The summed E-state index contributed by atoms with van der Waals surface area (Å²) in [6.45, 7) is 0.298. The summed E-state index contributed by atoms with van der Waals surface area (Å²) in [7, 11) is -0.0876. The Kier molecular flexibility index (Phi) is 4.84. The summed E-state index contributed by atoms with van der Waals surface area (Å²) in [5.41, 5.74) is 0.931. The molecule has 0 fully saturated rings. The van der Waals surface area contributed by atoms with Crippen LogP contribution in [0.25, 0.3) is 0 Å². The normalized spacial score (nSPS) is 12.5. The van der Waals surface area contributed by atoms with Gasteiger partial charge in [-0.15, -0.1) is 0 Å². The lowest BCUT2D eigenvalue weighted by molar-refractivity contribution is 0.262. The van der Waals surface area contributed by atoms with Crippen LogP contribution < -0.4 is 4.74 Å². The van der Waals surface area contributed by atoms with Crippen LogP contribution in [0.2, 0.25) is 0 Å². The first-order valence-electron chi connectivity index (χ1n) is 4.09. The van der Waals surface area contributed by atoms with Crippen LogP contribution in [0.1, 0.15) is 5.56 Å². The third-order valence-electron chi connectivity index (χ3n) is 1.66. The summed E-state index contributed by atoms with van der Waals surface area (Å²) < 4.78 is 9.97. The zero-order chi connectivity index (χ0) is 10.4. The van der Waals surface area contributed by atoms with Crippen molar-refractivity contribution < 1.29 is 19.3 Å². The Morgan fingerprint density at radius 2 is 1.93 bits per heavy atom. The molecule has 0 amide bonds. The van der Waals surface area contributed by atoms with Gasteiger partial charge in [-0.2, -0.15) is 0 Å². The van der Waals surface area contributed by atoms with E-state index in [-0.39, 0.29) is 6.35 Å². The van der Waals surface area contributed by atoms with Crippen molar-refractivity contribution in [3.05, 3.63) is 29.8 Å². The number of aliphatic hydroxyl groups is 1. The topological polar surface area (TPSA) is 58.9 Å². The predicted molar refractivity (Wildman–Crippen MR) is 54.0 cm³/mol. The largest absolute Gasteiger partial charge is 0.497 e. The monoisotopic (exact) mass is 216 g/mol. The van der Waals surface area contributed by atoms with Crippen LogP contribution in [0.5, 0.6) is 5.75 Å². The molecule has 0 aliphatic carbocycles. The molecule has 78 valence electrons. The van der Waals surface area contributed by atoms with Crippen molar-refractivity contribution in [2.45, 2.75) is 6.61 Å². The lowest BCUT2D eigenvalue weighted by Crippen LogP contribution is -1.91. The Hall–Kier alpha value is -0.670. The maximum atomic E-state index is 8.99. The third kappa shape index (κ3) is 3.60. The quantitative estimate of drug-likeness (QED) is 0.731. The molecule has 5 heteroatoms. The number of hydrogen-bond acceptors (Lipinski definition) is 4. The van der Waals surface area contributed by atoms with Gasteiger partial charge in [0.15, 0.2) is 8.38 Å². The van der Waals surface area contributed by atoms with Crippen molar-refractivity contribution in [3.63, 3.8) is 0 Å². The summed E-state index contributed by atoms with van der Waals surface area (Å²) in [4.78, 5) is 8.99. The van der Waals surface area contributed by atoms with Crippen LogP contribution in [0.3, 0.4) is 0 Å². The van der Waals surface area contributed by atoms with Gasteiger partial charge in [-0.25, -0.2) is 0 Å². The van der Waals surface area contributed by atoms with Crippen molar-refractivity contribution in [1.82, 2.24) is 0 Å². The number of aliphatic hydroxyl groups excluding tert-OH is 1. The minimum atomic E-state index is -1.69. The molecule has 1 rings (SSSR count). The molecule has 1 aromatic rings. The van der Waals surface area contributed by atoms with Crippen LogP contribution >= 0.6 is 8.38 Å². The average molecular weight is 216 g/mol. The highest BCUT2D eigenvalue weighted by Gasteiger charge is 2.02. The minimum Gasteiger partial charge on any atom is -0.497 e. The number of rotatable bonds is 5. The molecule has 0 saturated heterocycles. The SMILES string of the molecule is COc1ccc(COP(O)CO)cc1. The number of ether oxygens (including phenoxy) is 1. The number of hydrogen-bond donors (Lipinski definition) is 2. The molecule has 0 radical (unpaired) electrons. The Balaban J connectivity index is 2.43. The van der Waals surface area contributed by atoms with Gasteiger partial charge in [0.2, 0.25) is 0 Å². The van der Waals surface area contributed by atoms with Gasteiger partial charge in [0.1, 0.15) is 12.1 Å². The van der Waals surface area contributed by atoms with Gasteiger partial charge in [0.05, 0.1) is 13.7 Å². The second-order valence-corrected chi connectivity index (χ2v) is 3.86. The molecule has 0 aliphatic heterocycles. The zero-order valence-electron chi connectivity index (χ0n) is 7.88. The molecule has 0 saturated carbocycles. The molecular formula is C9H13O4P. The molecular weight excluding hydrogens is 203 g/mol. The lowest BCUT2D eigenvalue weighted by Gasteiger charge is -2.08. The van der Waals surface area contributed by atoms with E-state index in [1.54, 1.807) is 7.11 Å². The van der Waals surface area contributed by atoms with Gasteiger partial charge < -0.3 is 19.3 Å². The summed E-state index contributed by atoms with van der Waals surface area (Å²) in [5, 5.41) is 8.53. The average Bonchev–Trinajstić information content (AvgIpc) is 2.26. The highest BCUT2D eigenvalue weighted by molar-refractivity contribution is 7.45. The molecule has 4 nitrogen and oxygen atoms in total. The smallest absolute Gasteiger partial charge is 0.195 e. The van der Waals surface area contributed by atoms with Crippen molar-refractivity contribution >= 4 is 8.38 Å². The highest BCUT2D eigenvalue weighted by Crippen LogP contribution is 2.30. The third-order valence-corrected chi connectivity index (χ3v) is 2.33. The number of benzene rings is 1. The van der Waals surface area contributed by atoms with E-state index >= 15 is 0 Å². The Bertz CT molecular complexity index is 262. The molecule has 1 aromatic carbocycles. The molecule has 1 unspecified atom stereocenters. The Labute approximate surface area is 84.0 Å². The van der Waals surface area contributed by atoms with Crippen LogP contribution in [0.4, 0.5) is 0 Å². The molecule has 2 N–H and O–H groups in total. The van der Waals surface area contributed by atoms with Gasteiger partial charge in [-0.05, 0) is 17.7 Å². The maximum Gasteiger partial charge on any atom is 0.195 e. The second kappa shape index (κ2) is 5.94. The van der Waals surface area contributed by atoms with E-state index in [1.807, 2.05) is 24.3 Å². The van der Waals surface area contributed by atoms with E-state index in [4.69, 9.17) is 19.3 Å². The van der Waals surface area contributed by atoms with Crippen molar-refractivity contribution in [3.8, 4) is 5.75 Å². The van der Waals surface area contributed by atoms with E-state index in [9.17, 15) is 0 Å². The lowest BCUT2D eigenvalue weighted by atomic mass is 10.2. The molecule has 0 bridgehead atoms. The Morgan fingerprint density at radius 1 is 1.29 bits per heavy atom. The predicted octanol–water partition coefficient (Wildman–Crippen LogP) is 1.47. The zero-order valence-corrected chi connectivity index (χ0v) is 8.78. The fourth-order valence-electron chi connectivity index (χ4n) is 0.912. The standard InChI is InChI=1S/C9H13O4P/c1-12-9-4-2-8(3-5-9)6-13-14(11)7-10/h2-5,10-11H,6-7H2,1H3. The van der Waals surface area contributed by atoms with Gasteiger partial charge in [0, 0.05) is 0 Å². The maximum absolute atomic E-state index is 8.99. The molecule has 0 spiro atoms. The van der Waals surface area contributed by atoms with Gasteiger partial charge >= 0.3 is 0 Å². The first kappa shape index (κ1) is 11.4. The summed E-state index contributed by atoms with van der Waals surface area (Å²) in [6.07, 6.45) is -0.328. The van der Waals surface area contributed by atoms with E-state index in [0.29, 0.717) is 6.61 Å². The molecule has 0 heterocycles. The van der Waals surface area contributed by atoms with Crippen LogP contribution in [0.15, 0.2) is 24.3 Å². The molecule has 0 aromatic heterocycles. The summed E-state index contributed by atoms with van der Waals surface area (Å²) in [6, 6.07) is 7.33. The van der Waals surface area contributed by atoms with Crippen LogP contribution in [-0.4, -0.2) is 23.5 Å². The van der Waals surface area contributed by atoms with Crippen LogP contribution in [-0.2, 0) is 11.1 Å². The van der Waals surface area contributed by atoms with E-state index in [0.717, 1.165) is 11.3 Å². The molecule has 0 aliphatic rings. The van der Waals surface area contributed by atoms with Crippen LogP contribution in [0, 0.1) is 0 Å².